The first kappa shape index (κ1) is 21.9. The van der Waals surface area contributed by atoms with Crippen LogP contribution in [0.5, 0.6) is 0 Å². The van der Waals surface area contributed by atoms with E-state index >= 15 is 0 Å². The minimum Gasteiger partial charge on any atom is -0.356 e. The fourth-order valence-electron chi connectivity index (χ4n) is 3.15. The Labute approximate surface area is 169 Å². The van der Waals surface area contributed by atoms with Crippen LogP contribution in [-0.4, -0.2) is 33.8 Å². The van der Waals surface area contributed by atoms with Gasteiger partial charge in [-0.05, 0) is 25.7 Å². The second kappa shape index (κ2) is 12.3. The van der Waals surface area contributed by atoms with E-state index in [0.29, 0.717) is 13.1 Å². The number of nitrogens with zero attached hydrogens (tertiary/aromatic N) is 4. The highest BCUT2D eigenvalue weighted by molar-refractivity contribution is 14.0. The summed E-state index contributed by atoms with van der Waals surface area (Å²) in [5.74, 6) is 3.53. The first-order valence-corrected chi connectivity index (χ1v) is 9.18. The Hall–Kier alpha value is -1.12. The van der Waals surface area contributed by atoms with Crippen molar-refractivity contribution in [3.05, 3.63) is 24.3 Å². The predicted octanol–water partition coefficient (Wildman–Crippen LogP) is 3.32. The fraction of sp³-hybridized carbons (Fsp3) is 0.722. The van der Waals surface area contributed by atoms with E-state index in [1.807, 2.05) is 24.6 Å². The molecule has 7 heteroatoms. The van der Waals surface area contributed by atoms with Crippen molar-refractivity contribution in [2.24, 2.45) is 18.0 Å². The van der Waals surface area contributed by atoms with Gasteiger partial charge in [-0.15, -0.1) is 40.8 Å². The topological polar surface area (TPSA) is 67.1 Å². The van der Waals surface area contributed by atoms with E-state index in [1.54, 1.807) is 0 Å². The number of guanidine groups is 1. The second-order valence-corrected chi connectivity index (χ2v) is 6.63. The maximum atomic E-state index is 4.61. The molecule has 6 nitrogen and oxygen atoms in total. The molecule has 2 rings (SSSR count). The highest BCUT2D eigenvalue weighted by Crippen LogP contribution is 2.26. The molecule has 2 N–H and O–H groups in total. The molecule has 25 heavy (non-hydrogen) atoms. The molecule has 0 atom stereocenters. The maximum Gasteiger partial charge on any atom is 0.191 e. The summed E-state index contributed by atoms with van der Waals surface area (Å²) >= 11 is 0. The highest BCUT2D eigenvalue weighted by atomic mass is 127. The van der Waals surface area contributed by atoms with Crippen molar-refractivity contribution in [3.8, 4) is 0 Å². The Morgan fingerprint density at radius 2 is 2.04 bits per heavy atom. The molecule has 142 valence electrons. The van der Waals surface area contributed by atoms with Crippen LogP contribution in [0.25, 0.3) is 0 Å². The molecular weight excluding hydrogens is 427 g/mol. The number of rotatable bonds is 8. The van der Waals surface area contributed by atoms with Crippen molar-refractivity contribution < 1.29 is 0 Å². The van der Waals surface area contributed by atoms with Crippen LogP contribution >= 0.6 is 24.0 Å². The molecule has 1 aromatic rings. The van der Waals surface area contributed by atoms with Crippen molar-refractivity contribution in [1.82, 2.24) is 25.4 Å². The average Bonchev–Trinajstić information content (AvgIpc) is 2.93. The van der Waals surface area contributed by atoms with Crippen LogP contribution in [0, 0.1) is 12.8 Å². The quantitative estimate of drug-likeness (QED) is 0.205. The van der Waals surface area contributed by atoms with Gasteiger partial charge < -0.3 is 15.2 Å². The molecule has 0 aliphatic heterocycles. The van der Waals surface area contributed by atoms with Gasteiger partial charge in [0.15, 0.2) is 11.8 Å². The molecular formula is C18H33IN6. The van der Waals surface area contributed by atoms with Crippen molar-refractivity contribution in [3.63, 3.8) is 0 Å². The number of aliphatic imine (C=N–C) groups is 1. The summed E-state index contributed by atoms with van der Waals surface area (Å²) in [6.07, 6.45) is 11.5. The Morgan fingerprint density at radius 3 is 2.68 bits per heavy atom. The van der Waals surface area contributed by atoms with Crippen LogP contribution in [0.4, 0.5) is 0 Å². The number of hydrogen-bond donors (Lipinski definition) is 2. The Balaban J connectivity index is 0.00000312. The van der Waals surface area contributed by atoms with Gasteiger partial charge in [0.05, 0.1) is 0 Å². The smallest absolute Gasteiger partial charge is 0.191 e. The molecule has 0 aromatic carbocycles. The molecule has 0 saturated heterocycles. The Bertz CT molecular complexity index is 534. The van der Waals surface area contributed by atoms with Gasteiger partial charge >= 0.3 is 0 Å². The maximum absolute atomic E-state index is 4.61. The monoisotopic (exact) mass is 460 g/mol. The molecule has 1 fully saturated rings. The van der Waals surface area contributed by atoms with E-state index in [1.165, 1.54) is 44.9 Å². The lowest BCUT2D eigenvalue weighted by Gasteiger charge is -2.21. The first-order chi connectivity index (χ1) is 11.7. The summed E-state index contributed by atoms with van der Waals surface area (Å²) in [5.41, 5.74) is 0. The third-order valence-electron chi connectivity index (χ3n) is 4.78. The molecule has 0 bridgehead atoms. The normalized spacial score (nSPS) is 15.5. The fourth-order valence-corrected chi connectivity index (χ4v) is 3.15. The number of aryl methyl sites for hydroxylation is 1. The van der Waals surface area contributed by atoms with Crippen molar-refractivity contribution in [2.75, 3.05) is 13.1 Å². The van der Waals surface area contributed by atoms with Crippen LogP contribution in [0.3, 0.4) is 0 Å². The standard InChI is InChI=1S/C18H32N6.HI/c1-4-12-19-18(21-14-17-23-22-15(2)24(17)3)20-13-8-11-16-9-6-5-7-10-16;/h4,16H,1,5-14H2,2-3H3,(H2,19,20,21);1H. The SMILES string of the molecule is C=CCNC(=NCc1nnc(C)n1C)NCCCC1CCCCC1.I. The molecule has 1 heterocycles. The van der Waals surface area contributed by atoms with Gasteiger partial charge in [0, 0.05) is 20.1 Å². The Morgan fingerprint density at radius 1 is 1.28 bits per heavy atom. The third-order valence-corrected chi connectivity index (χ3v) is 4.78. The minimum atomic E-state index is 0. The summed E-state index contributed by atoms with van der Waals surface area (Å²) in [4.78, 5) is 4.61. The van der Waals surface area contributed by atoms with E-state index in [0.717, 1.165) is 30.1 Å². The lowest BCUT2D eigenvalue weighted by molar-refractivity contribution is 0.332. The van der Waals surface area contributed by atoms with Gasteiger partial charge in [-0.25, -0.2) is 4.99 Å². The number of nitrogens with one attached hydrogen (secondary N) is 2. The molecule has 1 aliphatic rings. The number of hydrogen-bond acceptors (Lipinski definition) is 3. The minimum absolute atomic E-state index is 0. The molecule has 0 spiro atoms. The zero-order chi connectivity index (χ0) is 17.2. The summed E-state index contributed by atoms with van der Waals surface area (Å²) in [6.45, 7) is 7.88. The van der Waals surface area contributed by atoms with Gasteiger partial charge in [-0.2, -0.15) is 0 Å². The van der Waals surface area contributed by atoms with E-state index in [-0.39, 0.29) is 24.0 Å². The molecule has 0 radical (unpaired) electrons. The van der Waals surface area contributed by atoms with Crippen LogP contribution in [0.2, 0.25) is 0 Å². The van der Waals surface area contributed by atoms with Crippen LogP contribution in [0.1, 0.15) is 56.6 Å². The lowest BCUT2D eigenvalue weighted by atomic mass is 9.86. The van der Waals surface area contributed by atoms with Crippen LogP contribution in [-0.2, 0) is 13.6 Å². The van der Waals surface area contributed by atoms with Gasteiger partial charge in [0.2, 0.25) is 0 Å². The highest BCUT2D eigenvalue weighted by Gasteiger charge is 2.12. The van der Waals surface area contributed by atoms with E-state index < -0.39 is 0 Å². The summed E-state index contributed by atoms with van der Waals surface area (Å²) in [7, 11) is 1.97. The summed E-state index contributed by atoms with van der Waals surface area (Å²) in [5, 5.41) is 14.9. The lowest BCUT2D eigenvalue weighted by Crippen LogP contribution is -2.38. The van der Waals surface area contributed by atoms with Crippen molar-refractivity contribution in [2.45, 2.75) is 58.4 Å². The van der Waals surface area contributed by atoms with Crippen molar-refractivity contribution in [1.29, 1.82) is 0 Å². The third kappa shape index (κ3) is 7.75. The summed E-state index contributed by atoms with van der Waals surface area (Å²) in [6, 6.07) is 0. The molecule has 0 unspecified atom stereocenters. The number of halogens is 1. The van der Waals surface area contributed by atoms with E-state index in [9.17, 15) is 0 Å². The van der Waals surface area contributed by atoms with Crippen molar-refractivity contribution >= 4 is 29.9 Å². The van der Waals surface area contributed by atoms with Crippen LogP contribution in [0.15, 0.2) is 17.6 Å². The zero-order valence-corrected chi connectivity index (χ0v) is 18.0. The van der Waals surface area contributed by atoms with E-state index in [4.69, 9.17) is 0 Å². The zero-order valence-electron chi connectivity index (χ0n) is 15.6. The molecule has 1 aromatic heterocycles. The number of aromatic nitrogens is 3. The molecule has 0 amide bonds. The van der Waals surface area contributed by atoms with Crippen LogP contribution < -0.4 is 10.6 Å². The first-order valence-electron chi connectivity index (χ1n) is 9.18. The predicted molar refractivity (Wildman–Crippen MR) is 114 cm³/mol. The van der Waals surface area contributed by atoms with E-state index in [2.05, 4.69) is 32.4 Å². The molecule has 1 saturated carbocycles. The largest absolute Gasteiger partial charge is 0.356 e. The summed E-state index contributed by atoms with van der Waals surface area (Å²) < 4.78 is 1.97. The van der Waals surface area contributed by atoms with Gasteiger partial charge in [-0.1, -0.05) is 38.2 Å². The molecule has 1 aliphatic carbocycles. The van der Waals surface area contributed by atoms with Gasteiger partial charge in [0.1, 0.15) is 12.4 Å². The van der Waals surface area contributed by atoms with Gasteiger partial charge in [-0.3, -0.25) is 0 Å². The average molecular weight is 460 g/mol. The second-order valence-electron chi connectivity index (χ2n) is 6.63. The van der Waals surface area contributed by atoms with Gasteiger partial charge in [0.25, 0.3) is 0 Å². The Kier molecular flexibility index (Phi) is 10.8.